The third kappa shape index (κ3) is 2.75. The molecule has 0 spiro atoms. The van der Waals surface area contributed by atoms with E-state index in [1.54, 1.807) is 0 Å². The highest BCUT2D eigenvalue weighted by atomic mass is 19.1. The number of halogens is 2. The zero-order valence-corrected chi connectivity index (χ0v) is 8.55. The van der Waals surface area contributed by atoms with E-state index in [2.05, 4.69) is 0 Å². The first-order chi connectivity index (χ1) is 7.16. The number of hydrogen-bond acceptors (Lipinski definition) is 1. The van der Waals surface area contributed by atoms with E-state index in [9.17, 15) is 8.78 Å². The van der Waals surface area contributed by atoms with Gasteiger partial charge in [-0.25, -0.2) is 8.78 Å². The second-order valence-corrected chi connectivity index (χ2v) is 4.29. The third-order valence-electron chi connectivity index (χ3n) is 2.94. The molecular weight excluding hydrogens is 196 g/mol. The van der Waals surface area contributed by atoms with Gasteiger partial charge in [0.15, 0.2) is 0 Å². The van der Waals surface area contributed by atoms with Crippen LogP contribution in [0, 0.1) is 17.6 Å². The molecule has 1 aromatic carbocycles. The van der Waals surface area contributed by atoms with Gasteiger partial charge in [-0.1, -0.05) is 12.8 Å². The molecule has 82 valence electrons. The van der Waals surface area contributed by atoms with E-state index in [0.29, 0.717) is 5.56 Å². The zero-order valence-electron chi connectivity index (χ0n) is 8.55. The van der Waals surface area contributed by atoms with Gasteiger partial charge in [0.1, 0.15) is 11.6 Å². The van der Waals surface area contributed by atoms with Crippen molar-refractivity contribution in [2.24, 2.45) is 11.7 Å². The third-order valence-corrected chi connectivity index (χ3v) is 2.94. The van der Waals surface area contributed by atoms with Crippen molar-refractivity contribution in [1.29, 1.82) is 0 Å². The van der Waals surface area contributed by atoms with Crippen LogP contribution in [0.3, 0.4) is 0 Å². The minimum Gasteiger partial charge on any atom is -0.324 e. The van der Waals surface area contributed by atoms with Crippen LogP contribution in [0.5, 0.6) is 0 Å². The summed E-state index contributed by atoms with van der Waals surface area (Å²) in [5, 5.41) is 0. The van der Waals surface area contributed by atoms with E-state index >= 15 is 0 Å². The highest BCUT2D eigenvalue weighted by molar-refractivity contribution is 5.21. The second kappa shape index (κ2) is 4.27. The summed E-state index contributed by atoms with van der Waals surface area (Å²) >= 11 is 0. The first-order valence-corrected chi connectivity index (χ1v) is 5.37. The highest BCUT2D eigenvalue weighted by Crippen LogP contribution is 2.35. The first kappa shape index (κ1) is 10.6. The minimum absolute atomic E-state index is 0.302. The molecule has 2 rings (SSSR count). The Labute approximate surface area is 88.3 Å². The van der Waals surface area contributed by atoms with E-state index in [4.69, 9.17) is 5.73 Å². The summed E-state index contributed by atoms with van der Waals surface area (Å²) in [5.41, 5.74) is 6.14. The summed E-state index contributed by atoms with van der Waals surface area (Å²) < 4.78 is 26.2. The standard InChI is InChI=1S/C12H15F2N/c13-9-4-5-11(14)10(7-9)12(15)6-3-8-1-2-8/h4-5,7-8,12H,1-3,6,15H2. The van der Waals surface area contributed by atoms with E-state index < -0.39 is 11.6 Å². The molecule has 1 atom stereocenters. The molecular formula is C12H15F2N. The lowest BCUT2D eigenvalue weighted by molar-refractivity contribution is 0.525. The molecule has 1 aliphatic rings. The number of benzene rings is 1. The molecule has 0 heterocycles. The second-order valence-electron chi connectivity index (χ2n) is 4.29. The summed E-state index contributed by atoms with van der Waals surface area (Å²) in [4.78, 5) is 0. The van der Waals surface area contributed by atoms with Crippen molar-refractivity contribution < 1.29 is 8.78 Å². The fourth-order valence-corrected chi connectivity index (χ4v) is 1.78. The highest BCUT2D eigenvalue weighted by Gasteiger charge is 2.22. The SMILES string of the molecule is NC(CCC1CC1)c1cc(F)ccc1F. The lowest BCUT2D eigenvalue weighted by Crippen LogP contribution is -2.12. The number of hydrogen-bond donors (Lipinski definition) is 1. The lowest BCUT2D eigenvalue weighted by Gasteiger charge is -2.12. The predicted octanol–water partition coefficient (Wildman–Crippen LogP) is 3.15. The van der Waals surface area contributed by atoms with Crippen molar-refractivity contribution >= 4 is 0 Å². The molecule has 1 aromatic rings. The van der Waals surface area contributed by atoms with Crippen LogP contribution in [0.25, 0.3) is 0 Å². The predicted molar refractivity (Wildman–Crippen MR) is 55.2 cm³/mol. The molecule has 1 nitrogen and oxygen atoms in total. The van der Waals surface area contributed by atoms with Crippen molar-refractivity contribution in [1.82, 2.24) is 0 Å². The Kier molecular flexibility index (Phi) is 3.00. The molecule has 3 heteroatoms. The van der Waals surface area contributed by atoms with Gasteiger partial charge in [0.05, 0.1) is 0 Å². The van der Waals surface area contributed by atoms with Crippen molar-refractivity contribution in [2.45, 2.75) is 31.7 Å². The van der Waals surface area contributed by atoms with Crippen LogP contribution in [0.4, 0.5) is 8.78 Å². The minimum atomic E-state index is -0.423. The summed E-state index contributed by atoms with van der Waals surface area (Å²) in [6, 6.07) is 3.09. The monoisotopic (exact) mass is 211 g/mol. The molecule has 2 N–H and O–H groups in total. The van der Waals surface area contributed by atoms with E-state index in [1.807, 2.05) is 0 Å². The molecule has 1 fully saturated rings. The quantitative estimate of drug-likeness (QED) is 0.813. The lowest BCUT2D eigenvalue weighted by atomic mass is 10.0. The van der Waals surface area contributed by atoms with Gasteiger partial charge < -0.3 is 5.73 Å². The summed E-state index contributed by atoms with van der Waals surface area (Å²) in [7, 11) is 0. The Morgan fingerprint density at radius 3 is 2.73 bits per heavy atom. The van der Waals surface area contributed by atoms with Crippen LogP contribution in [-0.4, -0.2) is 0 Å². The molecule has 0 amide bonds. The maximum atomic E-state index is 13.3. The van der Waals surface area contributed by atoms with Crippen LogP contribution in [0.1, 0.15) is 37.3 Å². The molecule has 1 unspecified atom stereocenters. The van der Waals surface area contributed by atoms with Crippen molar-refractivity contribution in [3.63, 3.8) is 0 Å². The van der Waals surface area contributed by atoms with Gasteiger partial charge in [0.25, 0.3) is 0 Å². The molecule has 0 bridgehead atoms. The maximum absolute atomic E-state index is 13.3. The van der Waals surface area contributed by atoms with Gasteiger partial charge in [0.2, 0.25) is 0 Å². The Hall–Kier alpha value is -0.960. The molecule has 0 aliphatic heterocycles. The van der Waals surface area contributed by atoms with Crippen molar-refractivity contribution in [3.05, 3.63) is 35.4 Å². The van der Waals surface area contributed by atoms with Crippen LogP contribution >= 0.6 is 0 Å². The van der Waals surface area contributed by atoms with Gasteiger partial charge in [0, 0.05) is 11.6 Å². The molecule has 0 saturated heterocycles. The molecule has 1 saturated carbocycles. The van der Waals surface area contributed by atoms with Gasteiger partial charge in [-0.15, -0.1) is 0 Å². The Morgan fingerprint density at radius 1 is 1.33 bits per heavy atom. The maximum Gasteiger partial charge on any atom is 0.128 e. The van der Waals surface area contributed by atoms with Crippen LogP contribution in [0.15, 0.2) is 18.2 Å². The smallest absolute Gasteiger partial charge is 0.128 e. The van der Waals surface area contributed by atoms with Gasteiger partial charge >= 0.3 is 0 Å². The van der Waals surface area contributed by atoms with Gasteiger partial charge in [-0.3, -0.25) is 0 Å². The Morgan fingerprint density at radius 2 is 2.07 bits per heavy atom. The Bertz CT molecular complexity index is 347. The van der Waals surface area contributed by atoms with Crippen molar-refractivity contribution in [3.8, 4) is 0 Å². The van der Waals surface area contributed by atoms with E-state index in [1.165, 1.54) is 18.9 Å². The molecule has 0 radical (unpaired) electrons. The largest absolute Gasteiger partial charge is 0.324 e. The topological polar surface area (TPSA) is 26.0 Å². The van der Waals surface area contributed by atoms with Gasteiger partial charge in [-0.2, -0.15) is 0 Å². The van der Waals surface area contributed by atoms with Crippen LogP contribution in [0.2, 0.25) is 0 Å². The number of rotatable bonds is 4. The molecule has 0 aromatic heterocycles. The van der Waals surface area contributed by atoms with Crippen LogP contribution in [-0.2, 0) is 0 Å². The zero-order chi connectivity index (χ0) is 10.8. The Balaban J connectivity index is 2.02. The fraction of sp³-hybridized carbons (Fsp3) is 0.500. The molecule has 1 aliphatic carbocycles. The average molecular weight is 211 g/mol. The number of nitrogens with two attached hydrogens (primary N) is 1. The normalized spacial score (nSPS) is 17.8. The first-order valence-electron chi connectivity index (χ1n) is 5.37. The summed E-state index contributed by atoms with van der Waals surface area (Å²) in [6.45, 7) is 0. The van der Waals surface area contributed by atoms with Crippen molar-refractivity contribution in [2.75, 3.05) is 0 Å². The fourth-order valence-electron chi connectivity index (χ4n) is 1.78. The average Bonchev–Trinajstić information content (AvgIpc) is 3.02. The summed E-state index contributed by atoms with van der Waals surface area (Å²) in [5.74, 6) is -0.0550. The summed E-state index contributed by atoms with van der Waals surface area (Å²) in [6.07, 6.45) is 4.29. The van der Waals surface area contributed by atoms with Crippen LogP contribution < -0.4 is 5.73 Å². The van der Waals surface area contributed by atoms with E-state index in [0.717, 1.165) is 30.9 Å². The molecule has 15 heavy (non-hydrogen) atoms. The van der Waals surface area contributed by atoms with E-state index in [-0.39, 0.29) is 6.04 Å². The van der Waals surface area contributed by atoms with Gasteiger partial charge in [-0.05, 0) is 37.0 Å².